The molecule has 5 nitrogen and oxygen atoms in total. The number of fused-ring (bicyclic) bond motifs is 2. The van der Waals surface area contributed by atoms with Crippen LogP contribution in [-0.2, 0) is 11.3 Å². The van der Waals surface area contributed by atoms with E-state index in [-0.39, 0.29) is 23.1 Å². The Morgan fingerprint density at radius 3 is 2.90 bits per heavy atom. The molecule has 0 N–H and O–H groups in total. The van der Waals surface area contributed by atoms with Gasteiger partial charge in [-0.2, -0.15) is 0 Å². The molecule has 0 amide bonds. The van der Waals surface area contributed by atoms with Gasteiger partial charge < -0.3 is 14.0 Å². The number of pyridine rings is 1. The van der Waals surface area contributed by atoms with E-state index in [2.05, 4.69) is 15.9 Å². The standard InChI is InChI=1S/C15H16BrNO4/c1-15-5-3-4-6-21-10(15)8-17-7-9(16)12(18)13(20-2)11(17)14(15)19/h3-4,7,10H,5-6,8H2,1-2H3. The second kappa shape index (κ2) is 5.10. The molecule has 2 unspecified atom stereocenters. The molecule has 6 heteroatoms. The summed E-state index contributed by atoms with van der Waals surface area (Å²) in [5.41, 5.74) is -0.631. The summed E-state index contributed by atoms with van der Waals surface area (Å²) in [5, 5.41) is 0. The molecule has 0 radical (unpaired) electrons. The van der Waals surface area contributed by atoms with E-state index in [1.807, 2.05) is 19.1 Å². The first kappa shape index (κ1) is 14.5. The van der Waals surface area contributed by atoms with Crippen molar-refractivity contribution >= 4 is 21.7 Å². The van der Waals surface area contributed by atoms with E-state index in [9.17, 15) is 9.59 Å². The molecule has 112 valence electrons. The predicted molar refractivity (Wildman–Crippen MR) is 80.9 cm³/mol. The summed E-state index contributed by atoms with van der Waals surface area (Å²) in [6.07, 6.45) is 5.92. The van der Waals surface area contributed by atoms with E-state index in [4.69, 9.17) is 9.47 Å². The Balaban J connectivity index is 2.22. The number of rotatable bonds is 1. The lowest BCUT2D eigenvalue weighted by Gasteiger charge is -2.40. The van der Waals surface area contributed by atoms with Crippen LogP contribution in [0.2, 0.25) is 0 Å². The molecule has 0 aliphatic carbocycles. The molecule has 0 spiro atoms. The SMILES string of the molecule is COc1c2n(cc(Br)c1=O)CC1OCC=CCC1(C)C2=O. The van der Waals surface area contributed by atoms with Crippen LogP contribution in [0.5, 0.6) is 5.75 Å². The highest BCUT2D eigenvalue weighted by Crippen LogP contribution is 2.41. The van der Waals surface area contributed by atoms with Crippen LogP contribution >= 0.6 is 15.9 Å². The molecule has 0 saturated heterocycles. The van der Waals surface area contributed by atoms with Crippen molar-refractivity contribution in [3.63, 3.8) is 0 Å². The van der Waals surface area contributed by atoms with Gasteiger partial charge in [-0.05, 0) is 29.3 Å². The Kier molecular flexibility index (Phi) is 3.53. The first-order valence-corrected chi connectivity index (χ1v) is 7.56. The predicted octanol–water partition coefficient (Wildman–Crippen LogP) is 2.17. The maximum Gasteiger partial charge on any atom is 0.238 e. The summed E-state index contributed by atoms with van der Waals surface area (Å²) in [4.78, 5) is 25.2. The topological polar surface area (TPSA) is 57.5 Å². The van der Waals surface area contributed by atoms with Gasteiger partial charge in [0.15, 0.2) is 11.5 Å². The third-order valence-electron chi connectivity index (χ3n) is 4.31. The van der Waals surface area contributed by atoms with Crippen molar-refractivity contribution in [3.05, 3.63) is 38.7 Å². The Labute approximate surface area is 130 Å². The molecule has 2 atom stereocenters. The van der Waals surface area contributed by atoms with Crippen molar-refractivity contribution in [1.82, 2.24) is 4.57 Å². The normalized spacial score (nSPS) is 27.8. The minimum atomic E-state index is -0.666. The first-order chi connectivity index (χ1) is 9.99. The summed E-state index contributed by atoms with van der Waals surface area (Å²) < 4.78 is 13.2. The van der Waals surface area contributed by atoms with Crippen LogP contribution in [0.25, 0.3) is 0 Å². The molecule has 3 heterocycles. The maximum atomic E-state index is 13.0. The monoisotopic (exact) mass is 353 g/mol. The van der Waals surface area contributed by atoms with Gasteiger partial charge >= 0.3 is 0 Å². The van der Waals surface area contributed by atoms with Crippen molar-refractivity contribution in [1.29, 1.82) is 0 Å². The van der Waals surface area contributed by atoms with Gasteiger partial charge in [0.25, 0.3) is 0 Å². The van der Waals surface area contributed by atoms with Gasteiger partial charge in [-0.25, -0.2) is 0 Å². The quantitative estimate of drug-likeness (QED) is 0.726. The van der Waals surface area contributed by atoms with Crippen LogP contribution in [-0.4, -0.2) is 30.2 Å². The minimum absolute atomic E-state index is 0.0993. The van der Waals surface area contributed by atoms with E-state index in [0.717, 1.165) is 0 Å². The van der Waals surface area contributed by atoms with E-state index < -0.39 is 5.41 Å². The van der Waals surface area contributed by atoms with E-state index in [1.54, 1.807) is 10.8 Å². The Bertz CT molecular complexity index is 694. The summed E-state index contributed by atoms with van der Waals surface area (Å²) in [5.74, 6) is -0.00553. The average Bonchev–Trinajstić information content (AvgIpc) is 2.64. The zero-order valence-electron chi connectivity index (χ0n) is 11.9. The maximum absolute atomic E-state index is 13.0. The Morgan fingerprint density at radius 2 is 2.19 bits per heavy atom. The lowest BCUT2D eigenvalue weighted by atomic mass is 9.73. The fraction of sp³-hybridized carbons (Fsp3) is 0.467. The molecule has 1 aromatic rings. The Hall–Kier alpha value is -1.40. The lowest BCUT2D eigenvalue weighted by molar-refractivity contribution is -0.0235. The van der Waals surface area contributed by atoms with Crippen molar-refractivity contribution in [3.8, 4) is 5.75 Å². The fourth-order valence-corrected chi connectivity index (χ4v) is 3.43. The van der Waals surface area contributed by atoms with Gasteiger partial charge in [-0.3, -0.25) is 9.59 Å². The van der Waals surface area contributed by atoms with Crippen LogP contribution < -0.4 is 10.2 Å². The number of allylic oxidation sites excluding steroid dienone is 1. The highest BCUT2D eigenvalue weighted by Gasteiger charge is 2.48. The number of ketones is 1. The number of halogens is 1. The number of hydrogen-bond acceptors (Lipinski definition) is 4. The fourth-order valence-electron chi connectivity index (χ4n) is 3.00. The van der Waals surface area contributed by atoms with Gasteiger partial charge in [-0.15, -0.1) is 0 Å². The van der Waals surface area contributed by atoms with Crippen molar-refractivity contribution in [2.24, 2.45) is 5.41 Å². The van der Waals surface area contributed by atoms with E-state index >= 15 is 0 Å². The highest BCUT2D eigenvalue weighted by molar-refractivity contribution is 9.10. The molecule has 0 aromatic carbocycles. The largest absolute Gasteiger partial charge is 0.491 e. The van der Waals surface area contributed by atoms with Crippen molar-refractivity contribution < 1.29 is 14.3 Å². The molecule has 1 aromatic heterocycles. The van der Waals surface area contributed by atoms with Crippen LogP contribution in [0.4, 0.5) is 0 Å². The van der Waals surface area contributed by atoms with E-state index in [1.165, 1.54) is 7.11 Å². The second-order valence-electron chi connectivity index (χ2n) is 5.58. The average molecular weight is 354 g/mol. The van der Waals surface area contributed by atoms with Crippen LogP contribution in [0.3, 0.4) is 0 Å². The number of carbonyl (C=O) groups excluding carboxylic acids is 1. The summed E-state index contributed by atoms with van der Waals surface area (Å²) in [7, 11) is 1.41. The van der Waals surface area contributed by atoms with Gasteiger partial charge in [-0.1, -0.05) is 12.2 Å². The molecule has 0 fully saturated rings. The highest BCUT2D eigenvalue weighted by atomic mass is 79.9. The van der Waals surface area contributed by atoms with Gasteiger partial charge in [0.05, 0.1) is 36.3 Å². The third kappa shape index (κ3) is 2.08. The number of nitrogens with zero attached hydrogens (tertiary/aromatic N) is 1. The Morgan fingerprint density at radius 1 is 1.43 bits per heavy atom. The molecular formula is C15H16BrNO4. The molecule has 2 aliphatic heterocycles. The smallest absolute Gasteiger partial charge is 0.238 e. The van der Waals surface area contributed by atoms with Crippen LogP contribution in [0.1, 0.15) is 23.8 Å². The zero-order chi connectivity index (χ0) is 15.2. The number of carbonyl (C=O) groups is 1. The molecule has 2 aliphatic rings. The van der Waals surface area contributed by atoms with Crippen LogP contribution in [0.15, 0.2) is 27.6 Å². The van der Waals surface area contributed by atoms with Gasteiger partial charge in [0.1, 0.15) is 5.69 Å². The first-order valence-electron chi connectivity index (χ1n) is 6.77. The summed E-state index contributed by atoms with van der Waals surface area (Å²) in [6, 6.07) is 0. The number of Topliss-reactive ketones (excluding diaryl/α,β-unsaturated/α-hetero) is 1. The third-order valence-corrected chi connectivity index (χ3v) is 4.87. The molecule has 0 bridgehead atoms. The number of methoxy groups -OCH3 is 1. The number of hydrogen-bond donors (Lipinski definition) is 0. The van der Waals surface area contributed by atoms with Crippen LogP contribution in [0, 0.1) is 5.41 Å². The zero-order valence-corrected chi connectivity index (χ0v) is 13.5. The van der Waals surface area contributed by atoms with Crippen molar-refractivity contribution in [2.75, 3.05) is 13.7 Å². The van der Waals surface area contributed by atoms with E-state index in [0.29, 0.717) is 29.7 Å². The summed E-state index contributed by atoms with van der Waals surface area (Å²) in [6.45, 7) is 2.92. The minimum Gasteiger partial charge on any atom is -0.491 e. The summed E-state index contributed by atoms with van der Waals surface area (Å²) >= 11 is 3.22. The molecule has 3 rings (SSSR count). The van der Waals surface area contributed by atoms with Gasteiger partial charge in [0, 0.05) is 6.20 Å². The van der Waals surface area contributed by atoms with Gasteiger partial charge in [0.2, 0.25) is 5.43 Å². The second-order valence-corrected chi connectivity index (χ2v) is 6.44. The van der Waals surface area contributed by atoms with Crippen molar-refractivity contribution in [2.45, 2.75) is 26.0 Å². The number of ether oxygens (including phenoxy) is 2. The number of aromatic nitrogens is 1. The lowest BCUT2D eigenvalue weighted by Crippen LogP contribution is -2.49. The molecular weight excluding hydrogens is 338 g/mol. The molecule has 0 saturated carbocycles. The molecule has 21 heavy (non-hydrogen) atoms.